The molecule has 2 N–H and O–H groups in total. The van der Waals surface area contributed by atoms with E-state index in [1.807, 2.05) is 30.0 Å². The van der Waals surface area contributed by atoms with E-state index < -0.39 is 0 Å². The molecule has 2 aliphatic heterocycles. The van der Waals surface area contributed by atoms with E-state index in [2.05, 4.69) is 52.8 Å². The molecule has 1 unspecified atom stereocenters. The first-order valence-corrected chi connectivity index (χ1v) is 9.77. The van der Waals surface area contributed by atoms with E-state index in [1.54, 1.807) is 0 Å². The smallest absolute Gasteiger partial charge is 0.175 e. The molecule has 2 heterocycles. The van der Waals surface area contributed by atoms with Crippen molar-refractivity contribution in [2.24, 2.45) is 4.99 Å². The predicted octanol–water partition coefficient (Wildman–Crippen LogP) is 4.26. The number of thiocarbonyl (C=S) groups is 1. The molecule has 0 saturated carbocycles. The van der Waals surface area contributed by atoms with Gasteiger partial charge in [-0.15, -0.1) is 0 Å². The molecule has 1 saturated heterocycles. The number of anilines is 2. The van der Waals surface area contributed by atoms with E-state index in [1.165, 1.54) is 16.3 Å². The van der Waals surface area contributed by atoms with Gasteiger partial charge in [0.15, 0.2) is 10.3 Å². The van der Waals surface area contributed by atoms with E-state index in [4.69, 9.17) is 17.2 Å². The summed E-state index contributed by atoms with van der Waals surface area (Å²) in [6, 6.07) is 16.8. The molecule has 25 heavy (non-hydrogen) atoms. The van der Waals surface area contributed by atoms with Gasteiger partial charge in [-0.05, 0) is 54.5 Å². The molecule has 1 atom stereocenters. The second-order valence-electron chi connectivity index (χ2n) is 6.30. The van der Waals surface area contributed by atoms with Crippen LogP contribution in [0.25, 0.3) is 0 Å². The highest BCUT2D eigenvalue weighted by atomic mass is 32.2. The van der Waals surface area contributed by atoms with E-state index in [0.29, 0.717) is 5.11 Å². The number of nitrogens with one attached hydrogen (secondary N) is 2. The summed E-state index contributed by atoms with van der Waals surface area (Å²) >= 11 is 7.30. The van der Waals surface area contributed by atoms with Gasteiger partial charge in [0.2, 0.25) is 0 Å². The molecule has 6 heteroatoms. The maximum atomic E-state index is 5.44. The Morgan fingerprint density at radius 3 is 2.68 bits per heavy atom. The van der Waals surface area contributed by atoms with Crippen molar-refractivity contribution in [3.8, 4) is 0 Å². The van der Waals surface area contributed by atoms with Crippen molar-refractivity contribution in [1.82, 2.24) is 4.90 Å². The summed E-state index contributed by atoms with van der Waals surface area (Å²) in [5, 5.41) is 8.30. The average molecular weight is 369 g/mol. The van der Waals surface area contributed by atoms with Crippen LogP contribution in [0.15, 0.2) is 53.5 Å². The van der Waals surface area contributed by atoms with Crippen LogP contribution in [0.5, 0.6) is 0 Å². The Kier molecular flexibility index (Phi) is 4.63. The number of aryl methyl sites for hydroxylation is 1. The molecule has 4 rings (SSSR count). The van der Waals surface area contributed by atoms with Crippen molar-refractivity contribution in [2.75, 3.05) is 29.5 Å². The topological polar surface area (TPSA) is 39.7 Å². The quantitative estimate of drug-likeness (QED) is 0.792. The van der Waals surface area contributed by atoms with Crippen LogP contribution in [-0.4, -0.2) is 34.0 Å². The molecule has 0 spiro atoms. The first-order valence-electron chi connectivity index (χ1n) is 8.37. The second kappa shape index (κ2) is 7.06. The highest BCUT2D eigenvalue weighted by molar-refractivity contribution is 8.14. The van der Waals surface area contributed by atoms with Crippen molar-refractivity contribution < 1.29 is 0 Å². The molecule has 2 aromatic rings. The van der Waals surface area contributed by atoms with Gasteiger partial charge in [-0.2, -0.15) is 0 Å². The molecule has 0 radical (unpaired) electrons. The summed E-state index contributed by atoms with van der Waals surface area (Å²) in [6.45, 7) is 4.16. The molecule has 4 nitrogen and oxygen atoms in total. The van der Waals surface area contributed by atoms with Crippen LogP contribution < -0.4 is 10.6 Å². The highest BCUT2D eigenvalue weighted by Gasteiger charge is 2.30. The molecule has 0 aliphatic carbocycles. The number of hydrogen-bond acceptors (Lipinski definition) is 4. The van der Waals surface area contributed by atoms with Crippen LogP contribution >= 0.6 is 24.0 Å². The van der Waals surface area contributed by atoms with Crippen LogP contribution in [0, 0.1) is 6.92 Å². The maximum absolute atomic E-state index is 5.44. The van der Waals surface area contributed by atoms with E-state index in [-0.39, 0.29) is 6.04 Å². The van der Waals surface area contributed by atoms with Gasteiger partial charge in [0, 0.05) is 30.2 Å². The minimum atomic E-state index is 0.225. The van der Waals surface area contributed by atoms with Gasteiger partial charge in [-0.25, -0.2) is 0 Å². The SMILES string of the molecule is Cc1cccc(NC(=S)Nc2cccc(C3CN4CCSC4=N3)c2)c1. The Balaban J connectivity index is 1.43. The van der Waals surface area contributed by atoms with Gasteiger partial charge in [0.05, 0.1) is 6.04 Å². The van der Waals surface area contributed by atoms with E-state index in [0.717, 1.165) is 30.2 Å². The molecule has 2 aromatic carbocycles. The first kappa shape index (κ1) is 16.4. The number of aliphatic imine (C=N–C) groups is 1. The molecule has 0 bridgehead atoms. The van der Waals surface area contributed by atoms with Crippen molar-refractivity contribution in [1.29, 1.82) is 0 Å². The first-order chi connectivity index (χ1) is 12.2. The van der Waals surface area contributed by atoms with Crippen molar-refractivity contribution >= 4 is 45.6 Å². The fourth-order valence-corrected chi connectivity index (χ4v) is 4.41. The van der Waals surface area contributed by atoms with Crippen molar-refractivity contribution in [3.63, 3.8) is 0 Å². The van der Waals surface area contributed by atoms with Crippen molar-refractivity contribution in [3.05, 3.63) is 59.7 Å². The fourth-order valence-electron chi connectivity index (χ4n) is 3.13. The largest absolute Gasteiger partial charge is 0.348 e. The average Bonchev–Trinajstić information content (AvgIpc) is 3.16. The Labute approximate surface area is 157 Å². The van der Waals surface area contributed by atoms with Gasteiger partial charge >= 0.3 is 0 Å². The summed E-state index contributed by atoms with van der Waals surface area (Å²) in [4.78, 5) is 7.22. The van der Waals surface area contributed by atoms with Crippen LogP contribution in [0.4, 0.5) is 11.4 Å². The number of fused-ring (bicyclic) bond motifs is 1. The Hall–Kier alpha value is -2.05. The Morgan fingerprint density at radius 2 is 1.92 bits per heavy atom. The third-order valence-corrected chi connectivity index (χ3v) is 5.54. The second-order valence-corrected chi connectivity index (χ2v) is 7.77. The zero-order valence-corrected chi connectivity index (χ0v) is 15.7. The van der Waals surface area contributed by atoms with Crippen LogP contribution in [0.3, 0.4) is 0 Å². The monoisotopic (exact) mass is 368 g/mol. The Morgan fingerprint density at radius 1 is 1.16 bits per heavy atom. The van der Waals surface area contributed by atoms with Crippen LogP contribution in [0.1, 0.15) is 17.2 Å². The summed E-state index contributed by atoms with van der Waals surface area (Å²) in [7, 11) is 0. The normalized spacial score (nSPS) is 18.7. The van der Waals surface area contributed by atoms with E-state index >= 15 is 0 Å². The number of amidine groups is 1. The minimum Gasteiger partial charge on any atom is -0.348 e. The van der Waals surface area contributed by atoms with Crippen LogP contribution in [0.2, 0.25) is 0 Å². The third kappa shape index (κ3) is 3.80. The highest BCUT2D eigenvalue weighted by Crippen LogP contribution is 2.33. The van der Waals surface area contributed by atoms with E-state index in [9.17, 15) is 0 Å². The third-order valence-electron chi connectivity index (χ3n) is 4.33. The lowest BCUT2D eigenvalue weighted by molar-refractivity contribution is 0.464. The van der Waals surface area contributed by atoms with Crippen LogP contribution in [-0.2, 0) is 0 Å². The number of rotatable bonds is 3. The number of benzene rings is 2. The molecule has 128 valence electrons. The van der Waals surface area contributed by atoms with Gasteiger partial charge in [-0.1, -0.05) is 36.0 Å². The maximum Gasteiger partial charge on any atom is 0.175 e. The summed E-state index contributed by atoms with van der Waals surface area (Å²) in [5.41, 5.74) is 4.41. The predicted molar refractivity (Wildman–Crippen MR) is 112 cm³/mol. The standard InChI is InChI=1S/C19H20N4S2/c1-13-4-2-6-15(10-13)20-18(24)21-16-7-3-5-14(11-16)17-12-23-8-9-25-19(23)22-17/h2-7,10-11,17H,8-9,12H2,1H3,(H2,20,21,24). The van der Waals surface area contributed by atoms with Gasteiger partial charge in [-0.3, -0.25) is 4.99 Å². The molecule has 1 fully saturated rings. The van der Waals surface area contributed by atoms with Gasteiger partial charge in [0.25, 0.3) is 0 Å². The fraction of sp³-hybridized carbons (Fsp3) is 0.263. The lowest BCUT2D eigenvalue weighted by atomic mass is 10.1. The van der Waals surface area contributed by atoms with Crippen molar-refractivity contribution in [2.45, 2.75) is 13.0 Å². The van der Waals surface area contributed by atoms with Gasteiger partial charge < -0.3 is 15.5 Å². The minimum absolute atomic E-state index is 0.225. The molecule has 0 amide bonds. The zero-order chi connectivity index (χ0) is 17.2. The summed E-state index contributed by atoms with van der Waals surface area (Å²) in [6.07, 6.45) is 0. The lowest BCUT2D eigenvalue weighted by Gasteiger charge is -2.15. The molecular weight excluding hydrogens is 348 g/mol. The molecular formula is C19H20N4S2. The summed E-state index contributed by atoms with van der Waals surface area (Å²) in [5.74, 6) is 1.16. The number of thioether (sulfide) groups is 1. The summed E-state index contributed by atoms with van der Waals surface area (Å²) < 4.78 is 0. The molecule has 2 aliphatic rings. The Bertz CT molecular complexity index is 834. The lowest BCUT2D eigenvalue weighted by Crippen LogP contribution is -2.22. The molecule has 0 aromatic heterocycles. The van der Waals surface area contributed by atoms with Gasteiger partial charge in [0.1, 0.15) is 0 Å². The zero-order valence-electron chi connectivity index (χ0n) is 14.0. The number of nitrogens with zero attached hydrogens (tertiary/aromatic N) is 2. The number of hydrogen-bond donors (Lipinski definition) is 2.